The first-order chi connectivity index (χ1) is 8.69. The second-order valence-electron chi connectivity index (χ2n) is 6.52. The fraction of sp³-hybridized carbons (Fsp3) is 0.571. The van der Waals surface area contributed by atoms with E-state index in [-0.39, 0.29) is 21.7 Å². The van der Waals surface area contributed by atoms with Gasteiger partial charge in [-0.3, -0.25) is 10.1 Å². The summed E-state index contributed by atoms with van der Waals surface area (Å²) < 4.78 is 0. The molecule has 5 heteroatoms. The van der Waals surface area contributed by atoms with E-state index in [1.165, 1.54) is 0 Å². The topological polar surface area (TPSA) is 58.4 Å². The van der Waals surface area contributed by atoms with E-state index in [0.29, 0.717) is 0 Å². The molecule has 1 aromatic rings. The van der Waals surface area contributed by atoms with Crippen LogP contribution in [0.5, 0.6) is 0 Å². The Morgan fingerprint density at radius 3 is 2.00 bits per heavy atom. The number of piperazine rings is 1. The van der Waals surface area contributed by atoms with Gasteiger partial charge in [-0.2, -0.15) is 0 Å². The molecular weight excluding hydrogens is 242 g/mol. The summed E-state index contributed by atoms with van der Waals surface area (Å²) in [4.78, 5) is 12.6. The van der Waals surface area contributed by atoms with Crippen LogP contribution < -0.4 is 10.2 Å². The Labute approximate surface area is 113 Å². The SMILES string of the molecule is CC1(C)CN(c2ccc([N+](=O)[O-])cc2)CC(C)(C)N1. The molecule has 0 spiro atoms. The van der Waals surface area contributed by atoms with Crippen molar-refractivity contribution in [3.8, 4) is 0 Å². The van der Waals surface area contributed by atoms with Crippen molar-refractivity contribution in [1.82, 2.24) is 5.32 Å². The molecule has 0 saturated carbocycles. The Kier molecular flexibility index (Phi) is 3.26. The molecule has 1 N–H and O–H groups in total. The van der Waals surface area contributed by atoms with Crippen molar-refractivity contribution in [2.24, 2.45) is 0 Å². The lowest BCUT2D eigenvalue weighted by atomic mass is 9.91. The van der Waals surface area contributed by atoms with Gasteiger partial charge in [-0.15, -0.1) is 0 Å². The Morgan fingerprint density at radius 2 is 1.58 bits per heavy atom. The van der Waals surface area contributed by atoms with Crippen molar-refractivity contribution in [2.75, 3.05) is 18.0 Å². The van der Waals surface area contributed by atoms with E-state index in [1.54, 1.807) is 12.1 Å². The van der Waals surface area contributed by atoms with Gasteiger partial charge in [0.2, 0.25) is 0 Å². The molecule has 0 radical (unpaired) electrons. The number of hydrogen-bond acceptors (Lipinski definition) is 4. The van der Waals surface area contributed by atoms with E-state index in [2.05, 4.69) is 37.9 Å². The predicted octanol–water partition coefficient (Wildman–Crippen LogP) is 2.56. The third-order valence-electron chi connectivity index (χ3n) is 3.27. The number of hydrogen-bond donors (Lipinski definition) is 1. The van der Waals surface area contributed by atoms with Gasteiger partial charge in [-0.25, -0.2) is 0 Å². The summed E-state index contributed by atoms with van der Waals surface area (Å²) >= 11 is 0. The zero-order valence-electron chi connectivity index (χ0n) is 11.9. The normalized spacial score (nSPS) is 21.2. The Balaban J connectivity index is 2.23. The van der Waals surface area contributed by atoms with Gasteiger partial charge < -0.3 is 10.2 Å². The van der Waals surface area contributed by atoms with Crippen LogP contribution in [-0.4, -0.2) is 29.1 Å². The van der Waals surface area contributed by atoms with Gasteiger partial charge in [-0.05, 0) is 39.8 Å². The van der Waals surface area contributed by atoms with Gasteiger partial charge in [0.15, 0.2) is 0 Å². The lowest BCUT2D eigenvalue weighted by Gasteiger charge is -2.49. The largest absolute Gasteiger partial charge is 0.368 e. The summed E-state index contributed by atoms with van der Waals surface area (Å²) in [5, 5.41) is 14.3. The first kappa shape index (κ1) is 13.8. The van der Waals surface area contributed by atoms with Gasteiger partial charge in [0.1, 0.15) is 0 Å². The third kappa shape index (κ3) is 3.23. The number of nitrogens with one attached hydrogen (secondary N) is 1. The fourth-order valence-electron chi connectivity index (χ4n) is 2.97. The summed E-state index contributed by atoms with van der Waals surface area (Å²) in [5.41, 5.74) is 1.21. The van der Waals surface area contributed by atoms with Crippen LogP contribution in [0.3, 0.4) is 0 Å². The minimum Gasteiger partial charge on any atom is -0.368 e. The molecule has 1 aromatic carbocycles. The highest BCUT2D eigenvalue weighted by Crippen LogP contribution is 2.27. The second-order valence-corrected chi connectivity index (χ2v) is 6.52. The number of rotatable bonds is 2. The third-order valence-corrected chi connectivity index (χ3v) is 3.27. The highest BCUT2D eigenvalue weighted by Gasteiger charge is 2.36. The maximum atomic E-state index is 10.7. The van der Waals surface area contributed by atoms with Crippen molar-refractivity contribution in [3.63, 3.8) is 0 Å². The first-order valence-corrected chi connectivity index (χ1v) is 6.47. The number of nitro groups is 1. The van der Waals surface area contributed by atoms with Crippen LogP contribution in [0.25, 0.3) is 0 Å². The van der Waals surface area contributed by atoms with Gasteiger partial charge >= 0.3 is 0 Å². The molecule has 2 rings (SSSR count). The van der Waals surface area contributed by atoms with Crippen LogP contribution in [0.2, 0.25) is 0 Å². The number of nitro benzene ring substituents is 1. The summed E-state index contributed by atoms with van der Waals surface area (Å²) in [5.74, 6) is 0. The molecule has 19 heavy (non-hydrogen) atoms. The van der Waals surface area contributed by atoms with Crippen LogP contribution in [-0.2, 0) is 0 Å². The standard InChI is InChI=1S/C14H21N3O2/c1-13(2)9-16(10-14(3,4)15-13)11-5-7-12(8-6-11)17(18)19/h5-8,15H,9-10H2,1-4H3. The molecule has 1 fully saturated rings. The van der Waals surface area contributed by atoms with Crippen LogP contribution in [0.15, 0.2) is 24.3 Å². The van der Waals surface area contributed by atoms with E-state index in [0.717, 1.165) is 18.8 Å². The van der Waals surface area contributed by atoms with Crippen LogP contribution in [0.4, 0.5) is 11.4 Å². The molecule has 0 bridgehead atoms. The molecule has 1 aliphatic heterocycles. The lowest BCUT2D eigenvalue weighted by molar-refractivity contribution is -0.384. The van der Waals surface area contributed by atoms with Crippen LogP contribution in [0, 0.1) is 10.1 Å². The van der Waals surface area contributed by atoms with Gasteiger partial charge in [0.25, 0.3) is 5.69 Å². The van der Waals surface area contributed by atoms with Crippen molar-refractivity contribution >= 4 is 11.4 Å². The molecule has 0 unspecified atom stereocenters. The average Bonchev–Trinajstić information content (AvgIpc) is 2.25. The summed E-state index contributed by atoms with van der Waals surface area (Å²) in [6, 6.07) is 6.79. The average molecular weight is 263 g/mol. The lowest BCUT2D eigenvalue weighted by Crippen LogP contribution is -2.66. The highest BCUT2D eigenvalue weighted by molar-refractivity contribution is 5.52. The molecule has 0 aromatic heterocycles. The molecule has 1 aliphatic rings. The molecule has 104 valence electrons. The summed E-state index contributed by atoms with van der Waals surface area (Å²) in [6.07, 6.45) is 0. The zero-order chi connectivity index (χ0) is 14.3. The quantitative estimate of drug-likeness (QED) is 0.658. The van der Waals surface area contributed by atoms with Crippen molar-refractivity contribution in [3.05, 3.63) is 34.4 Å². The van der Waals surface area contributed by atoms with Gasteiger partial charge in [0.05, 0.1) is 4.92 Å². The number of nitrogens with zero attached hydrogens (tertiary/aromatic N) is 2. The maximum absolute atomic E-state index is 10.7. The molecule has 5 nitrogen and oxygen atoms in total. The Hall–Kier alpha value is -1.62. The van der Waals surface area contributed by atoms with Crippen LogP contribution in [0.1, 0.15) is 27.7 Å². The first-order valence-electron chi connectivity index (χ1n) is 6.47. The van der Waals surface area contributed by atoms with E-state index >= 15 is 0 Å². The second kappa shape index (κ2) is 4.49. The smallest absolute Gasteiger partial charge is 0.269 e. The number of benzene rings is 1. The van der Waals surface area contributed by atoms with E-state index in [4.69, 9.17) is 0 Å². The predicted molar refractivity (Wildman–Crippen MR) is 76.6 cm³/mol. The Morgan fingerprint density at radius 1 is 1.11 bits per heavy atom. The Bertz CT molecular complexity index is 464. The molecule has 0 atom stereocenters. The molecule has 0 amide bonds. The minimum atomic E-state index is -0.366. The van der Waals surface area contributed by atoms with Crippen molar-refractivity contribution < 1.29 is 4.92 Å². The van der Waals surface area contributed by atoms with Gasteiger partial charge in [0, 0.05) is 42.0 Å². The number of anilines is 1. The summed E-state index contributed by atoms with van der Waals surface area (Å²) in [6.45, 7) is 10.5. The maximum Gasteiger partial charge on any atom is 0.269 e. The molecular formula is C14H21N3O2. The minimum absolute atomic E-state index is 0.0174. The van der Waals surface area contributed by atoms with Crippen LogP contribution >= 0.6 is 0 Å². The molecule has 0 aliphatic carbocycles. The molecule has 1 saturated heterocycles. The van der Waals surface area contributed by atoms with E-state index in [1.807, 2.05) is 12.1 Å². The van der Waals surface area contributed by atoms with E-state index < -0.39 is 0 Å². The summed E-state index contributed by atoms with van der Waals surface area (Å²) in [7, 11) is 0. The fourth-order valence-corrected chi connectivity index (χ4v) is 2.97. The monoisotopic (exact) mass is 263 g/mol. The van der Waals surface area contributed by atoms with E-state index in [9.17, 15) is 10.1 Å². The van der Waals surface area contributed by atoms with Gasteiger partial charge in [-0.1, -0.05) is 0 Å². The highest BCUT2D eigenvalue weighted by atomic mass is 16.6. The number of non-ortho nitro benzene ring substituents is 1. The van der Waals surface area contributed by atoms with Crippen molar-refractivity contribution in [1.29, 1.82) is 0 Å². The van der Waals surface area contributed by atoms with Crippen molar-refractivity contribution in [2.45, 2.75) is 38.8 Å². The molecule has 1 heterocycles. The zero-order valence-corrected chi connectivity index (χ0v) is 11.9.